The Morgan fingerprint density at radius 3 is 2.78 bits per heavy atom. The molecule has 1 aromatic carbocycles. The maximum Gasteiger partial charge on any atom is 0.303 e. The molecule has 94 valence electrons. The van der Waals surface area contributed by atoms with Crippen molar-refractivity contribution in [3.8, 4) is 0 Å². The minimum atomic E-state index is -0.925. The van der Waals surface area contributed by atoms with Crippen LogP contribution in [-0.4, -0.2) is 22.8 Å². The minimum Gasteiger partial charge on any atom is -0.481 e. The normalized spacial score (nSPS) is 17.4. The second kappa shape index (κ2) is 4.60. The summed E-state index contributed by atoms with van der Waals surface area (Å²) in [5, 5.41) is 11.4. The number of fused-ring (bicyclic) bond motifs is 1. The van der Waals surface area contributed by atoms with Gasteiger partial charge in [0.15, 0.2) is 5.78 Å². The minimum absolute atomic E-state index is 0.0365. The molecule has 2 rings (SSSR count). The van der Waals surface area contributed by atoms with Crippen LogP contribution in [0.5, 0.6) is 0 Å². The van der Waals surface area contributed by atoms with Crippen LogP contribution in [0.3, 0.4) is 0 Å². The van der Waals surface area contributed by atoms with E-state index in [1.807, 2.05) is 0 Å². The molecule has 1 unspecified atom stereocenters. The summed E-state index contributed by atoms with van der Waals surface area (Å²) < 4.78 is 0. The SMILES string of the molecule is CC(=O)Nc1ccc2c(c1)C(CC(=O)O)CC2=O. The number of benzene rings is 1. The highest BCUT2D eigenvalue weighted by Gasteiger charge is 2.30. The number of amides is 1. The van der Waals surface area contributed by atoms with Gasteiger partial charge >= 0.3 is 5.97 Å². The summed E-state index contributed by atoms with van der Waals surface area (Å²) in [6.45, 7) is 1.40. The van der Waals surface area contributed by atoms with E-state index in [1.54, 1.807) is 18.2 Å². The van der Waals surface area contributed by atoms with Crippen LogP contribution < -0.4 is 5.32 Å². The van der Waals surface area contributed by atoms with Gasteiger partial charge in [-0.3, -0.25) is 14.4 Å². The zero-order chi connectivity index (χ0) is 13.3. The molecular weight excluding hydrogens is 234 g/mol. The molecule has 0 aromatic heterocycles. The van der Waals surface area contributed by atoms with Crippen molar-refractivity contribution in [2.24, 2.45) is 0 Å². The quantitative estimate of drug-likeness (QED) is 0.852. The number of carboxylic acids is 1. The maximum absolute atomic E-state index is 11.7. The van der Waals surface area contributed by atoms with E-state index in [-0.39, 0.29) is 30.4 Å². The largest absolute Gasteiger partial charge is 0.481 e. The fourth-order valence-electron chi connectivity index (χ4n) is 2.27. The van der Waals surface area contributed by atoms with Gasteiger partial charge < -0.3 is 10.4 Å². The van der Waals surface area contributed by atoms with Crippen LogP contribution in [0.25, 0.3) is 0 Å². The van der Waals surface area contributed by atoms with Crippen molar-refractivity contribution >= 4 is 23.3 Å². The fourth-order valence-corrected chi connectivity index (χ4v) is 2.27. The van der Waals surface area contributed by atoms with Crippen LogP contribution in [0.15, 0.2) is 18.2 Å². The van der Waals surface area contributed by atoms with Crippen molar-refractivity contribution in [2.75, 3.05) is 5.32 Å². The lowest BCUT2D eigenvalue weighted by Crippen LogP contribution is -2.07. The molecule has 1 aromatic rings. The Kier molecular flexibility index (Phi) is 3.14. The van der Waals surface area contributed by atoms with Gasteiger partial charge in [0, 0.05) is 30.5 Å². The first-order valence-corrected chi connectivity index (χ1v) is 5.64. The Hall–Kier alpha value is -2.17. The molecule has 0 aliphatic heterocycles. The molecular formula is C13H13NO4. The molecule has 5 heteroatoms. The molecule has 1 aliphatic carbocycles. The highest BCUT2D eigenvalue weighted by Crippen LogP contribution is 2.36. The summed E-state index contributed by atoms with van der Waals surface area (Å²) in [5.74, 6) is -1.45. The van der Waals surface area contributed by atoms with Crippen molar-refractivity contribution in [1.29, 1.82) is 0 Å². The van der Waals surface area contributed by atoms with Gasteiger partial charge in [0.1, 0.15) is 0 Å². The van der Waals surface area contributed by atoms with Crippen molar-refractivity contribution in [3.05, 3.63) is 29.3 Å². The first-order chi connectivity index (χ1) is 8.47. The highest BCUT2D eigenvalue weighted by molar-refractivity contribution is 6.02. The lowest BCUT2D eigenvalue weighted by Gasteiger charge is -2.09. The van der Waals surface area contributed by atoms with Crippen molar-refractivity contribution in [2.45, 2.75) is 25.7 Å². The lowest BCUT2D eigenvalue weighted by molar-refractivity contribution is -0.137. The maximum atomic E-state index is 11.7. The number of aliphatic carboxylic acids is 1. The fraction of sp³-hybridized carbons (Fsp3) is 0.308. The zero-order valence-corrected chi connectivity index (χ0v) is 9.90. The molecule has 2 N–H and O–H groups in total. The van der Waals surface area contributed by atoms with Crippen LogP contribution >= 0.6 is 0 Å². The van der Waals surface area contributed by atoms with Gasteiger partial charge in [-0.2, -0.15) is 0 Å². The van der Waals surface area contributed by atoms with E-state index in [1.165, 1.54) is 6.92 Å². The van der Waals surface area contributed by atoms with E-state index in [0.29, 0.717) is 16.8 Å². The molecule has 0 saturated heterocycles. The number of carbonyl (C=O) groups excluding carboxylic acids is 2. The first kappa shape index (κ1) is 12.3. The summed E-state index contributed by atoms with van der Waals surface area (Å²) in [4.78, 5) is 33.4. The van der Waals surface area contributed by atoms with Gasteiger partial charge in [0.05, 0.1) is 6.42 Å². The topological polar surface area (TPSA) is 83.5 Å². The number of carboxylic acid groups (broad SMARTS) is 1. The van der Waals surface area contributed by atoms with Crippen molar-refractivity contribution in [1.82, 2.24) is 0 Å². The molecule has 1 atom stereocenters. The Morgan fingerprint density at radius 1 is 1.44 bits per heavy atom. The van der Waals surface area contributed by atoms with Gasteiger partial charge in [-0.15, -0.1) is 0 Å². The van der Waals surface area contributed by atoms with Gasteiger partial charge in [0.25, 0.3) is 0 Å². The Balaban J connectivity index is 2.33. The number of rotatable bonds is 3. The van der Waals surface area contributed by atoms with E-state index in [0.717, 1.165) is 0 Å². The third-order valence-electron chi connectivity index (χ3n) is 2.96. The van der Waals surface area contributed by atoms with Gasteiger partial charge in [-0.1, -0.05) is 0 Å². The second-order valence-corrected chi connectivity index (χ2v) is 4.41. The number of anilines is 1. The third-order valence-corrected chi connectivity index (χ3v) is 2.96. The average molecular weight is 247 g/mol. The molecule has 0 bridgehead atoms. The van der Waals surface area contributed by atoms with Crippen LogP contribution in [0, 0.1) is 0 Å². The van der Waals surface area contributed by atoms with Gasteiger partial charge in [-0.25, -0.2) is 0 Å². The summed E-state index contributed by atoms with van der Waals surface area (Å²) in [6.07, 6.45) is 0.160. The number of hydrogen-bond acceptors (Lipinski definition) is 3. The van der Waals surface area contributed by atoms with Crippen LogP contribution in [0.2, 0.25) is 0 Å². The van der Waals surface area contributed by atoms with E-state index in [4.69, 9.17) is 5.11 Å². The van der Waals surface area contributed by atoms with E-state index < -0.39 is 5.97 Å². The molecule has 0 radical (unpaired) electrons. The van der Waals surface area contributed by atoms with Crippen LogP contribution in [0.4, 0.5) is 5.69 Å². The molecule has 0 fully saturated rings. The van der Waals surface area contributed by atoms with E-state index >= 15 is 0 Å². The number of nitrogens with one attached hydrogen (secondary N) is 1. The van der Waals surface area contributed by atoms with Crippen molar-refractivity contribution < 1.29 is 19.5 Å². The smallest absolute Gasteiger partial charge is 0.303 e. The first-order valence-electron chi connectivity index (χ1n) is 5.64. The Morgan fingerprint density at radius 2 is 2.17 bits per heavy atom. The van der Waals surface area contributed by atoms with Crippen LogP contribution in [0.1, 0.15) is 41.6 Å². The number of carbonyl (C=O) groups is 3. The summed E-state index contributed by atoms with van der Waals surface area (Å²) in [7, 11) is 0. The predicted octanol–water partition coefficient (Wildman–Crippen LogP) is 1.79. The summed E-state index contributed by atoms with van der Waals surface area (Å²) >= 11 is 0. The molecule has 5 nitrogen and oxygen atoms in total. The highest BCUT2D eigenvalue weighted by atomic mass is 16.4. The molecule has 0 heterocycles. The molecule has 0 saturated carbocycles. The Bertz CT molecular complexity index is 534. The molecule has 18 heavy (non-hydrogen) atoms. The third kappa shape index (κ3) is 2.40. The van der Waals surface area contributed by atoms with Gasteiger partial charge in [-0.05, 0) is 23.8 Å². The average Bonchev–Trinajstić information content (AvgIpc) is 2.54. The number of hydrogen-bond donors (Lipinski definition) is 2. The van der Waals surface area contributed by atoms with Gasteiger partial charge in [0.2, 0.25) is 5.91 Å². The van der Waals surface area contributed by atoms with E-state index in [2.05, 4.69) is 5.32 Å². The standard InChI is InChI=1S/C13H13NO4/c1-7(15)14-9-2-3-10-11(6-9)8(4-12(10)16)5-13(17)18/h2-3,6,8H,4-5H2,1H3,(H,14,15)(H,17,18). The molecule has 0 spiro atoms. The summed E-state index contributed by atoms with van der Waals surface area (Å²) in [6, 6.07) is 4.99. The van der Waals surface area contributed by atoms with Crippen molar-refractivity contribution in [3.63, 3.8) is 0 Å². The van der Waals surface area contributed by atoms with Crippen LogP contribution in [-0.2, 0) is 9.59 Å². The summed E-state index contributed by atoms with van der Waals surface area (Å²) in [5.41, 5.74) is 1.87. The lowest BCUT2D eigenvalue weighted by atomic mass is 9.97. The van der Waals surface area contributed by atoms with E-state index in [9.17, 15) is 14.4 Å². The Labute approximate surface area is 104 Å². The molecule has 1 amide bonds. The number of ketones is 1. The predicted molar refractivity (Wildman–Crippen MR) is 64.7 cm³/mol. The zero-order valence-electron chi connectivity index (χ0n) is 9.90. The monoisotopic (exact) mass is 247 g/mol. The second-order valence-electron chi connectivity index (χ2n) is 4.41. The molecule has 1 aliphatic rings. The number of Topliss-reactive ketones (excluding diaryl/α,β-unsaturated/α-hetero) is 1.